The summed E-state index contributed by atoms with van der Waals surface area (Å²) in [4.78, 5) is 6.80. The normalized spacial score (nSPS) is 11.2. The average molecular weight is 312 g/mol. The van der Waals surface area contributed by atoms with E-state index in [2.05, 4.69) is 34.5 Å². The highest BCUT2D eigenvalue weighted by atomic mass is 15.1. The number of hydrogen-bond acceptors (Lipinski definition) is 3. The molecule has 4 nitrogen and oxygen atoms in total. The highest BCUT2D eigenvalue weighted by Crippen LogP contribution is 2.14. The zero-order valence-corrected chi connectivity index (χ0v) is 14.5. The third-order valence-electron chi connectivity index (χ3n) is 4.37. The molecule has 23 heavy (non-hydrogen) atoms. The molecule has 0 aliphatic heterocycles. The van der Waals surface area contributed by atoms with Crippen LogP contribution in [0.15, 0.2) is 24.5 Å². The van der Waals surface area contributed by atoms with Crippen LogP contribution in [0.3, 0.4) is 0 Å². The summed E-state index contributed by atoms with van der Waals surface area (Å²) in [5, 5.41) is 8.94. The van der Waals surface area contributed by atoms with Gasteiger partial charge in [0.05, 0.1) is 29.0 Å². The summed E-state index contributed by atoms with van der Waals surface area (Å²) in [5.74, 6) is 0. The number of nitrogens with zero attached hydrogens (tertiary/aromatic N) is 4. The molecule has 0 saturated carbocycles. The molecule has 0 saturated heterocycles. The number of likely N-dealkylation sites (N-methyl/N-ethyl adjacent to an activating group) is 1. The monoisotopic (exact) mass is 312 g/mol. The Hall–Kier alpha value is -1.86. The van der Waals surface area contributed by atoms with E-state index in [1.807, 2.05) is 24.5 Å². The molecule has 0 spiro atoms. The van der Waals surface area contributed by atoms with E-state index in [1.54, 1.807) is 0 Å². The van der Waals surface area contributed by atoms with Gasteiger partial charge in [0, 0.05) is 13.1 Å². The minimum atomic E-state index is 0.669. The second-order valence-corrected chi connectivity index (χ2v) is 6.32. The van der Waals surface area contributed by atoms with Crippen LogP contribution in [-0.4, -0.2) is 34.6 Å². The Balaban J connectivity index is 1.74. The molecule has 2 rings (SSSR count). The molecule has 0 bridgehead atoms. The third-order valence-corrected chi connectivity index (χ3v) is 4.37. The van der Waals surface area contributed by atoms with E-state index in [4.69, 9.17) is 5.26 Å². The van der Waals surface area contributed by atoms with Gasteiger partial charge in [-0.3, -0.25) is 0 Å². The van der Waals surface area contributed by atoms with Crippen molar-refractivity contribution in [2.24, 2.45) is 0 Å². The van der Waals surface area contributed by atoms with E-state index in [9.17, 15) is 0 Å². The van der Waals surface area contributed by atoms with Crippen molar-refractivity contribution in [3.63, 3.8) is 0 Å². The maximum absolute atomic E-state index is 8.94. The number of fused-ring (bicyclic) bond motifs is 1. The molecular weight excluding hydrogens is 284 g/mol. The number of benzene rings is 1. The smallest absolute Gasteiger partial charge is 0.0992 e. The minimum absolute atomic E-state index is 0.669. The van der Waals surface area contributed by atoms with Crippen LogP contribution in [0.1, 0.15) is 51.0 Å². The van der Waals surface area contributed by atoms with Gasteiger partial charge < -0.3 is 9.47 Å². The molecule has 0 fully saturated rings. The number of nitriles is 1. The van der Waals surface area contributed by atoms with Gasteiger partial charge in [0.25, 0.3) is 0 Å². The van der Waals surface area contributed by atoms with E-state index >= 15 is 0 Å². The highest BCUT2D eigenvalue weighted by Gasteiger charge is 2.05. The van der Waals surface area contributed by atoms with E-state index in [0.717, 1.165) is 30.7 Å². The molecule has 0 atom stereocenters. The summed E-state index contributed by atoms with van der Waals surface area (Å²) in [6, 6.07) is 7.87. The Labute approximate surface area is 139 Å². The predicted molar refractivity (Wildman–Crippen MR) is 95.3 cm³/mol. The van der Waals surface area contributed by atoms with Gasteiger partial charge in [-0.05, 0) is 38.2 Å². The summed E-state index contributed by atoms with van der Waals surface area (Å²) in [6.45, 7) is 5.39. The summed E-state index contributed by atoms with van der Waals surface area (Å²) in [6.07, 6.45) is 9.95. The Morgan fingerprint density at radius 1 is 1.13 bits per heavy atom. The lowest BCUT2D eigenvalue weighted by molar-refractivity contribution is 0.311. The summed E-state index contributed by atoms with van der Waals surface area (Å²) in [7, 11) is 2.19. The van der Waals surface area contributed by atoms with Crippen LogP contribution >= 0.6 is 0 Å². The van der Waals surface area contributed by atoms with Gasteiger partial charge in [-0.15, -0.1) is 0 Å². The van der Waals surface area contributed by atoms with Gasteiger partial charge in [0.15, 0.2) is 0 Å². The summed E-state index contributed by atoms with van der Waals surface area (Å²) < 4.78 is 2.17. The molecule has 0 N–H and O–H groups in total. The second kappa shape index (κ2) is 9.32. The molecule has 0 amide bonds. The van der Waals surface area contributed by atoms with Gasteiger partial charge in [0.2, 0.25) is 0 Å². The van der Waals surface area contributed by atoms with Crippen molar-refractivity contribution in [3.8, 4) is 6.07 Å². The molecule has 0 aliphatic carbocycles. The molecule has 124 valence electrons. The van der Waals surface area contributed by atoms with Crippen molar-refractivity contribution in [1.82, 2.24) is 14.5 Å². The van der Waals surface area contributed by atoms with Crippen molar-refractivity contribution >= 4 is 11.0 Å². The van der Waals surface area contributed by atoms with Crippen LogP contribution in [0.4, 0.5) is 0 Å². The molecule has 0 unspecified atom stereocenters. The van der Waals surface area contributed by atoms with Gasteiger partial charge in [-0.2, -0.15) is 5.26 Å². The predicted octanol–water partition coefficient (Wildman–Crippen LogP) is 4.20. The fraction of sp³-hybridized carbons (Fsp3) is 0.579. The number of unbranched alkanes of at least 4 members (excludes halogenated alkanes) is 5. The first-order valence-electron chi connectivity index (χ1n) is 8.78. The first-order valence-corrected chi connectivity index (χ1v) is 8.78. The Morgan fingerprint density at radius 3 is 2.70 bits per heavy atom. The first kappa shape index (κ1) is 17.5. The number of imidazole rings is 1. The number of rotatable bonds is 10. The SMILES string of the molecule is CCCCCCCCN(C)CCn1cnc2cc(C#N)ccc21. The molecule has 4 heteroatoms. The summed E-state index contributed by atoms with van der Waals surface area (Å²) in [5.41, 5.74) is 2.68. The van der Waals surface area contributed by atoms with Crippen molar-refractivity contribution in [3.05, 3.63) is 30.1 Å². The quantitative estimate of drug-likeness (QED) is 0.618. The highest BCUT2D eigenvalue weighted by molar-refractivity contribution is 5.76. The summed E-state index contributed by atoms with van der Waals surface area (Å²) >= 11 is 0. The molecule has 2 aromatic rings. The number of hydrogen-bond donors (Lipinski definition) is 0. The second-order valence-electron chi connectivity index (χ2n) is 6.32. The van der Waals surface area contributed by atoms with Crippen LogP contribution in [0.2, 0.25) is 0 Å². The maximum atomic E-state index is 8.94. The van der Waals surface area contributed by atoms with Crippen LogP contribution in [0.25, 0.3) is 11.0 Å². The van der Waals surface area contributed by atoms with Crippen LogP contribution in [0.5, 0.6) is 0 Å². The maximum Gasteiger partial charge on any atom is 0.0992 e. The van der Waals surface area contributed by atoms with Gasteiger partial charge >= 0.3 is 0 Å². The van der Waals surface area contributed by atoms with Crippen molar-refractivity contribution in [1.29, 1.82) is 5.26 Å². The van der Waals surface area contributed by atoms with Crippen molar-refractivity contribution in [2.75, 3.05) is 20.1 Å². The van der Waals surface area contributed by atoms with E-state index in [0.29, 0.717) is 5.56 Å². The molecule has 1 aromatic heterocycles. The number of aromatic nitrogens is 2. The minimum Gasteiger partial charge on any atom is -0.329 e. The van der Waals surface area contributed by atoms with Crippen LogP contribution in [0, 0.1) is 11.3 Å². The zero-order chi connectivity index (χ0) is 16.5. The van der Waals surface area contributed by atoms with Crippen molar-refractivity contribution in [2.45, 2.75) is 52.0 Å². The molecular formula is C19H28N4. The van der Waals surface area contributed by atoms with Gasteiger partial charge in [-0.25, -0.2) is 4.98 Å². The Morgan fingerprint density at radius 2 is 1.91 bits per heavy atom. The largest absolute Gasteiger partial charge is 0.329 e. The van der Waals surface area contributed by atoms with E-state index in [-0.39, 0.29) is 0 Å². The Bertz CT molecular complexity index is 638. The van der Waals surface area contributed by atoms with Gasteiger partial charge in [-0.1, -0.05) is 39.0 Å². The standard InChI is InChI=1S/C19H28N4/c1-3-4-5-6-7-8-11-22(2)12-13-23-16-21-18-14-17(15-20)9-10-19(18)23/h9-10,14,16H,3-8,11-13H2,1-2H3. The fourth-order valence-corrected chi connectivity index (χ4v) is 2.86. The topological polar surface area (TPSA) is 44.9 Å². The molecule has 0 radical (unpaired) electrons. The molecule has 1 heterocycles. The zero-order valence-electron chi connectivity index (χ0n) is 14.5. The fourth-order valence-electron chi connectivity index (χ4n) is 2.86. The van der Waals surface area contributed by atoms with Gasteiger partial charge in [0.1, 0.15) is 0 Å². The van der Waals surface area contributed by atoms with Crippen LogP contribution < -0.4 is 0 Å². The third kappa shape index (κ3) is 5.37. The first-order chi connectivity index (χ1) is 11.2. The average Bonchev–Trinajstić information content (AvgIpc) is 2.98. The molecule has 1 aromatic carbocycles. The molecule has 0 aliphatic rings. The van der Waals surface area contributed by atoms with E-state index < -0.39 is 0 Å². The Kier molecular flexibility index (Phi) is 7.09. The van der Waals surface area contributed by atoms with Crippen LogP contribution in [-0.2, 0) is 6.54 Å². The lowest BCUT2D eigenvalue weighted by Gasteiger charge is -2.17. The lowest BCUT2D eigenvalue weighted by Crippen LogP contribution is -2.24. The van der Waals surface area contributed by atoms with E-state index in [1.165, 1.54) is 38.5 Å². The van der Waals surface area contributed by atoms with Crippen molar-refractivity contribution < 1.29 is 0 Å². The lowest BCUT2D eigenvalue weighted by atomic mass is 10.1.